The van der Waals surface area contributed by atoms with Crippen molar-refractivity contribution in [3.05, 3.63) is 59.7 Å². The molecule has 2 nitrogen and oxygen atoms in total. The first-order valence-electron chi connectivity index (χ1n) is 12.9. The number of aliphatic hydroxyl groups excluding tert-OH is 1. The van der Waals surface area contributed by atoms with Crippen molar-refractivity contribution in [3.63, 3.8) is 0 Å². The third-order valence-corrected chi connectivity index (χ3v) is 4.27. The fourth-order valence-electron chi connectivity index (χ4n) is 1.62. The van der Waals surface area contributed by atoms with E-state index in [0.29, 0.717) is 5.75 Å². The van der Waals surface area contributed by atoms with Crippen molar-refractivity contribution in [2.24, 2.45) is 0 Å². The molecular formula is C33H68O2S. The Kier molecular flexibility index (Phi) is 62.1. The number of rotatable bonds is 4. The van der Waals surface area contributed by atoms with Crippen LogP contribution in [0.15, 0.2) is 53.4 Å². The zero-order valence-corrected chi connectivity index (χ0v) is 24.4. The highest BCUT2D eigenvalue weighted by Crippen LogP contribution is 2.15. The highest BCUT2D eigenvalue weighted by molar-refractivity contribution is 7.80. The van der Waals surface area contributed by atoms with Gasteiger partial charge in [-0.05, 0) is 49.4 Å². The normalized spacial score (nSPS) is 8.67. The molecule has 0 aromatic heterocycles. The maximum absolute atomic E-state index is 9.11. The van der Waals surface area contributed by atoms with Crippen molar-refractivity contribution >= 4 is 12.6 Å². The number of phenols is 1. The monoisotopic (exact) mass is 528 g/mol. The molecule has 2 aromatic rings. The number of thiol groups is 1. The molecule has 0 aliphatic rings. The first kappa shape index (κ1) is 51.2. The molecule has 0 saturated carbocycles. The maximum atomic E-state index is 9.11. The molecule has 2 aromatic carbocycles. The van der Waals surface area contributed by atoms with Gasteiger partial charge in [-0.2, -0.15) is 0 Å². The van der Waals surface area contributed by atoms with Crippen molar-refractivity contribution in [1.29, 1.82) is 0 Å². The lowest BCUT2D eigenvalue weighted by Gasteiger charge is -1.97. The smallest absolute Gasteiger partial charge is 0.118 e. The van der Waals surface area contributed by atoms with Crippen LogP contribution < -0.4 is 0 Å². The first-order chi connectivity index (χ1) is 15.7. The van der Waals surface area contributed by atoms with Crippen LogP contribution >= 0.6 is 12.6 Å². The first-order valence-corrected chi connectivity index (χ1v) is 13.4. The summed E-state index contributed by atoms with van der Waals surface area (Å²) in [5.41, 5.74) is 2.33. The van der Waals surface area contributed by atoms with Gasteiger partial charge in [0.2, 0.25) is 0 Å². The summed E-state index contributed by atoms with van der Waals surface area (Å²) in [5.74, 6) is 0.403. The lowest BCUT2D eigenvalue weighted by atomic mass is 10.1. The Morgan fingerprint density at radius 3 is 1.14 bits per heavy atom. The molecule has 1 unspecified atom stereocenters. The van der Waals surface area contributed by atoms with Crippen LogP contribution in [0, 0.1) is 0 Å². The Morgan fingerprint density at radius 2 is 0.944 bits per heavy atom. The van der Waals surface area contributed by atoms with Crippen molar-refractivity contribution < 1.29 is 10.2 Å². The molecule has 36 heavy (non-hydrogen) atoms. The van der Waals surface area contributed by atoms with Crippen LogP contribution in [0.4, 0.5) is 0 Å². The van der Waals surface area contributed by atoms with Gasteiger partial charge in [0.15, 0.2) is 0 Å². The molecule has 1 atom stereocenters. The summed E-state index contributed by atoms with van der Waals surface area (Å²) in [5, 5.41) is 17.5. The van der Waals surface area contributed by atoms with Crippen LogP contribution in [0.5, 0.6) is 5.75 Å². The van der Waals surface area contributed by atoms with Gasteiger partial charge in [0.1, 0.15) is 5.75 Å². The lowest BCUT2D eigenvalue weighted by molar-refractivity contribution is 0.191. The summed E-state index contributed by atoms with van der Waals surface area (Å²) in [6.45, 7) is 20.7. The quantitative estimate of drug-likeness (QED) is 0.345. The second-order valence-electron chi connectivity index (χ2n) is 7.64. The minimum absolute atomic E-state index is 0. The number of benzene rings is 2. The molecule has 0 heterocycles. The zero-order valence-electron chi connectivity index (χ0n) is 23.5. The average molecular weight is 529 g/mol. The number of aromatic hydroxyl groups is 1. The number of aliphatic hydroxyl groups is 1. The lowest BCUT2D eigenvalue weighted by Crippen LogP contribution is -1.93. The third kappa shape index (κ3) is 42.7. The van der Waals surface area contributed by atoms with Gasteiger partial charge in [0.25, 0.3) is 0 Å². The third-order valence-electron chi connectivity index (χ3n) is 3.84. The van der Waals surface area contributed by atoms with Crippen LogP contribution in [0.3, 0.4) is 0 Å². The predicted molar refractivity (Wildman–Crippen MR) is 175 cm³/mol. The molecule has 2 rings (SSSR count). The molecule has 0 fully saturated rings. The summed E-state index contributed by atoms with van der Waals surface area (Å²) >= 11 is 4.28. The summed E-state index contributed by atoms with van der Waals surface area (Å²) in [6.07, 6.45) is 7.85. The Balaban J connectivity index is -0.0000000586. The highest BCUT2D eigenvalue weighted by Gasteiger charge is 1.92. The van der Waals surface area contributed by atoms with Gasteiger partial charge in [-0.1, -0.05) is 147 Å². The fourth-order valence-corrected chi connectivity index (χ4v) is 1.94. The Hall–Kier alpha value is -1.45. The number of hydrogen-bond donors (Lipinski definition) is 3. The highest BCUT2D eigenvalue weighted by atomic mass is 32.1. The molecule has 0 spiro atoms. The maximum Gasteiger partial charge on any atom is 0.118 e. The van der Waals surface area contributed by atoms with Crippen molar-refractivity contribution in [3.8, 4) is 5.75 Å². The topological polar surface area (TPSA) is 40.5 Å². The van der Waals surface area contributed by atoms with E-state index in [9.17, 15) is 0 Å². The van der Waals surface area contributed by atoms with Gasteiger partial charge < -0.3 is 10.2 Å². The molecule has 0 aliphatic heterocycles. The molecular weight excluding hydrogens is 460 g/mol. The SMILES string of the molecule is C.C.C.CCC.CCC.CCC(C)O.CCCC.CCc1ccccc1O.CCc1ccccc1S. The van der Waals surface area contributed by atoms with Gasteiger partial charge in [-0.3, -0.25) is 0 Å². The number of aryl methyl sites for hydroxylation is 2. The summed E-state index contributed by atoms with van der Waals surface area (Å²) in [6, 6.07) is 15.5. The summed E-state index contributed by atoms with van der Waals surface area (Å²) < 4.78 is 0. The second kappa shape index (κ2) is 43.6. The van der Waals surface area contributed by atoms with E-state index in [1.807, 2.05) is 50.2 Å². The van der Waals surface area contributed by atoms with Crippen LogP contribution in [0.25, 0.3) is 0 Å². The van der Waals surface area contributed by atoms with Gasteiger partial charge in [0.05, 0.1) is 6.10 Å². The van der Waals surface area contributed by atoms with Gasteiger partial charge in [0, 0.05) is 4.90 Å². The van der Waals surface area contributed by atoms with Crippen LogP contribution in [-0.4, -0.2) is 16.3 Å². The van der Waals surface area contributed by atoms with E-state index in [1.54, 1.807) is 13.0 Å². The predicted octanol–water partition coefficient (Wildman–Crippen LogP) is 11.8. The van der Waals surface area contributed by atoms with Crippen molar-refractivity contribution in [1.82, 2.24) is 0 Å². The van der Waals surface area contributed by atoms with Gasteiger partial charge >= 0.3 is 0 Å². The Bertz CT molecular complexity index is 548. The minimum atomic E-state index is -0.116. The van der Waals surface area contributed by atoms with Crippen LogP contribution in [-0.2, 0) is 12.8 Å². The molecule has 2 N–H and O–H groups in total. The van der Waals surface area contributed by atoms with E-state index >= 15 is 0 Å². The number of phenolic OH excluding ortho intramolecular Hbond substituents is 1. The van der Waals surface area contributed by atoms with Gasteiger partial charge in [-0.15, -0.1) is 12.6 Å². The number of unbranched alkanes of at least 4 members (excludes halogenated alkanes) is 1. The van der Waals surface area contributed by atoms with Crippen LogP contribution in [0.1, 0.15) is 135 Å². The van der Waals surface area contributed by atoms with E-state index in [4.69, 9.17) is 10.2 Å². The van der Waals surface area contributed by atoms with Crippen molar-refractivity contribution in [2.75, 3.05) is 0 Å². The van der Waals surface area contributed by atoms with E-state index in [1.165, 1.54) is 31.2 Å². The molecule has 0 aliphatic carbocycles. The molecule has 0 radical (unpaired) electrons. The Morgan fingerprint density at radius 1 is 0.639 bits per heavy atom. The molecule has 0 saturated heterocycles. The van der Waals surface area contributed by atoms with Gasteiger partial charge in [-0.25, -0.2) is 0 Å². The number of para-hydroxylation sites is 1. The van der Waals surface area contributed by atoms with Crippen LogP contribution in [0.2, 0.25) is 0 Å². The largest absolute Gasteiger partial charge is 0.508 e. The van der Waals surface area contributed by atoms with E-state index < -0.39 is 0 Å². The minimum Gasteiger partial charge on any atom is -0.508 e. The average Bonchev–Trinajstić information content (AvgIpc) is 2.82. The second-order valence-corrected chi connectivity index (χ2v) is 8.12. The fraction of sp³-hybridized carbons (Fsp3) is 0.636. The van der Waals surface area contributed by atoms with E-state index in [-0.39, 0.29) is 28.4 Å². The molecule has 218 valence electrons. The van der Waals surface area contributed by atoms with E-state index in [2.05, 4.69) is 67.2 Å². The molecule has 0 amide bonds. The zero-order chi connectivity index (χ0) is 26.5. The van der Waals surface area contributed by atoms with Crippen molar-refractivity contribution in [2.45, 2.75) is 147 Å². The number of hydrogen-bond acceptors (Lipinski definition) is 3. The summed E-state index contributed by atoms with van der Waals surface area (Å²) in [4.78, 5) is 1.10. The molecule has 3 heteroatoms. The Labute approximate surface area is 235 Å². The van der Waals surface area contributed by atoms with E-state index in [0.717, 1.165) is 29.7 Å². The summed E-state index contributed by atoms with van der Waals surface area (Å²) in [7, 11) is 0. The molecule has 0 bridgehead atoms. The standard InChI is InChI=1S/C8H10O.C8H10S.C4H10O.C4H10.2C3H8.3CH4/c2*1-2-7-5-3-4-6-8(7)9;1-3-4(2)5;1-3-4-2;2*1-3-2;;;/h2*3-6,9H,2H2,1H3;4-5H,3H2,1-2H3;3-4H2,1-2H3;2*3H2,1-2H3;3*1H4.